The summed E-state index contributed by atoms with van der Waals surface area (Å²) in [6.45, 7) is 4.78. The predicted molar refractivity (Wildman–Crippen MR) is 140 cm³/mol. The molecule has 3 rings (SSSR count). The molecule has 0 aliphatic carbocycles. The molecule has 1 aromatic heterocycles. The number of anilines is 1. The van der Waals surface area contributed by atoms with E-state index in [0.29, 0.717) is 0 Å². The topological polar surface area (TPSA) is 172 Å². The minimum atomic E-state index is -1.20. The van der Waals surface area contributed by atoms with E-state index in [1.165, 1.54) is 30.9 Å². The Kier molecular flexibility index (Phi) is 9.38. The van der Waals surface area contributed by atoms with Gasteiger partial charge in [0.15, 0.2) is 10.8 Å². The first-order valence-corrected chi connectivity index (χ1v) is 13.4. The number of esters is 2. The summed E-state index contributed by atoms with van der Waals surface area (Å²) >= 11 is 2.45. The smallest absolute Gasteiger partial charge is 0.321 e. The first kappa shape index (κ1) is 29.4. The summed E-state index contributed by atoms with van der Waals surface area (Å²) in [4.78, 5) is 61.4. The number of carbonyl (C=O) groups is 4. The SMILES string of the molecule is COCC=CC1(C(=O)OCOC(=O)C(C)(C)C)CS[C@@H]2C(NC(=O)C(=NOC)c3csc(N)n3)C(=O)N2C1. The van der Waals surface area contributed by atoms with Crippen LogP contribution in [0, 0.1) is 10.8 Å². The second kappa shape index (κ2) is 12.1. The lowest BCUT2D eigenvalue weighted by atomic mass is 9.86. The Morgan fingerprint density at radius 3 is 2.66 bits per heavy atom. The van der Waals surface area contributed by atoms with Gasteiger partial charge in [-0.25, -0.2) is 4.98 Å². The second-order valence-corrected chi connectivity index (χ2v) is 11.6. The summed E-state index contributed by atoms with van der Waals surface area (Å²) in [7, 11) is 2.80. The van der Waals surface area contributed by atoms with Crippen LogP contribution >= 0.6 is 23.1 Å². The van der Waals surface area contributed by atoms with E-state index >= 15 is 0 Å². The average Bonchev–Trinajstić information content (AvgIpc) is 3.30. The van der Waals surface area contributed by atoms with Crippen LogP contribution in [0.2, 0.25) is 0 Å². The maximum atomic E-state index is 13.1. The molecule has 2 unspecified atom stereocenters. The van der Waals surface area contributed by atoms with Gasteiger partial charge in [-0.3, -0.25) is 19.2 Å². The largest absolute Gasteiger partial charge is 0.427 e. The zero-order valence-corrected chi connectivity index (χ0v) is 23.3. The number of β-lactam (4-membered cyclic amide) rings is 1. The van der Waals surface area contributed by atoms with Crippen LogP contribution in [0.25, 0.3) is 0 Å². The second-order valence-electron chi connectivity index (χ2n) is 9.56. The van der Waals surface area contributed by atoms with Gasteiger partial charge in [0, 0.05) is 24.8 Å². The number of nitrogens with zero attached hydrogens (tertiary/aromatic N) is 3. The zero-order valence-electron chi connectivity index (χ0n) is 21.7. The van der Waals surface area contributed by atoms with Crippen LogP contribution in [0.1, 0.15) is 26.5 Å². The summed E-state index contributed by atoms with van der Waals surface area (Å²) in [6, 6.07) is -0.838. The van der Waals surface area contributed by atoms with Crippen LogP contribution in [-0.2, 0) is 38.2 Å². The van der Waals surface area contributed by atoms with Crippen molar-refractivity contribution in [2.45, 2.75) is 32.2 Å². The summed E-state index contributed by atoms with van der Waals surface area (Å²) in [5.74, 6) is -1.93. The number of rotatable bonds is 10. The van der Waals surface area contributed by atoms with E-state index in [-0.39, 0.29) is 41.3 Å². The zero-order chi connectivity index (χ0) is 28.1. The highest BCUT2D eigenvalue weighted by Gasteiger charge is 2.57. The van der Waals surface area contributed by atoms with Crippen LogP contribution in [0.5, 0.6) is 0 Å². The van der Waals surface area contributed by atoms with Gasteiger partial charge in [-0.05, 0) is 20.8 Å². The minimum Gasteiger partial charge on any atom is -0.427 e. The van der Waals surface area contributed by atoms with E-state index < -0.39 is 46.9 Å². The van der Waals surface area contributed by atoms with E-state index in [1.807, 2.05) is 0 Å². The number of aromatic nitrogens is 1. The van der Waals surface area contributed by atoms with Crippen LogP contribution in [-0.4, -0.2) is 90.7 Å². The van der Waals surface area contributed by atoms with Gasteiger partial charge >= 0.3 is 11.9 Å². The summed E-state index contributed by atoms with van der Waals surface area (Å²) in [6.07, 6.45) is 3.31. The molecule has 2 saturated heterocycles. The molecular formula is C23H31N5O8S2. The Labute approximate surface area is 228 Å². The molecule has 13 nitrogen and oxygen atoms in total. The molecule has 3 atom stereocenters. The third-order valence-electron chi connectivity index (χ3n) is 5.65. The highest BCUT2D eigenvalue weighted by Crippen LogP contribution is 2.43. The van der Waals surface area contributed by atoms with Crippen molar-refractivity contribution in [2.75, 3.05) is 45.7 Å². The minimum absolute atomic E-state index is 0.0176. The maximum absolute atomic E-state index is 13.1. The van der Waals surface area contributed by atoms with Gasteiger partial charge < -0.3 is 35.0 Å². The van der Waals surface area contributed by atoms with Crippen molar-refractivity contribution in [3.05, 3.63) is 23.2 Å². The van der Waals surface area contributed by atoms with Gasteiger partial charge in [0.25, 0.3) is 5.91 Å². The number of hydrogen-bond donors (Lipinski definition) is 2. The highest BCUT2D eigenvalue weighted by atomic mass is 32.2. The molecule has 2 aliphatic heterocycles. The molecule has 0 saturated carbocycles. The van der Waals surface area contributed by atoms with Crippen molar-refractivity contribution in [3.8, 4) is 0 Å². The number of fused-ring (bicyclic) bond motifs is 1. The number of methoxy groups -OCH3 is 1. The first-order valence-electron chi connectivity index (χ1n) is 11.5. The molecule has 15 heteroatoms. The number of nitrogens with one attached hydrogen (secondary N) is 1. The fourth-order valence-electron chi connectivity index (χ4n) is 3.66. The molecule has 38 heavy (non-hydrogen) atoms. The lowest BCUT2D eigenvalue weighted by molar-refractivity contribution is -0.178. The van der Waals surface area contributed by atoms with Crippen LogP contribution < -0.4 is 11.1 Å². The number of carbonyl (C=O) groups excluding carboxylic acids is 4. The number of nitrogen functional groups attached to an aromatic ring is 1. The number of hydrogen-bond acceptors (Lipinski definition) is 13. The van der Waals surface area contributed by atoms with E-state index in [1.54, 1.807) is 38.3 Å². The summed E-state index contributed by atoms with van der Waals surface area (Å²) in [5, 5.41) is 7.81. The lowest BCUT2D eigenvalue weighted by Gasteiger charge is -2.53. The summed E-state index contributed by atoms with van der Waals surface area (Å²) in [5.41, 5.74) is 3.83. The molecule has 2 fully saturated rings. The normalized spacial score (nSPS) is 23.4. The van der Waals surface area contributed by atoms with Gasteiger partial charge in [-0.1, -0.05) is 17.3 Å². The van der Waals surface area contributed by atoms with E-state index in [9.17, 15) is 19.2 Å². The van der Waals surface area contributed by atoms with Gasteiger partial charge in [0.05, 0.1) is 12.0 Å². The van der Waals surface area contributed by atoms with Crippen molar-refractivity contribution in [2.24, 2.45) is 16.0 Å². The van der Waals surface area contributed by atoms with Crippen molar-refractivity contribution in [3.63, 3.8) is 0 Å². The fourth-order valence-corrected chi connectivity index (χ4v) is 5.71. The molecule has 0 spiro atoms. The molecule has 208 valence electrons. The monoisotopic (exact) mass is 569 g/mol. The third-order valence-corrected chi connectivity index (χ3v) is 7.88. The molecular weight excluding hydrogens is 538 g/mol. The number of ether oxygens (including phenoxy) is 3. The van der Waals surface area contributed by atoms with Crippen molar-refractivity contribution < 1.29 is 38.2 Å². The number of thioether (sulfide) groups is 1. The standard InChI is InChI=1S/C23H31N5O8S2/c1-22(2,3)19(31)35-12-36-20(32)23(7-6-8-33-4)10-28-17(30)15(18(28)38-11-23)26-16(29)14(27-34-5)13-9-37-21(24)25-13/h6-7,9,15,18H,8,10-12H2,1-5H3,(H2,24,25)(H,26,29)/t15?,18-,23?/m1/s1. The van der Waals surface area contributed by atoms with Crippen LogP contribution in [0.3, 0.4) is 0 Å². The van der Waals surface area contributed by atoms with Gasteiger partial charge in [-0.2, -0.15) is 0 Å². The highest BCUT2D eigenvalue weighted by molar-refractivity contribution is 8.00. The van der Waals surface area contributed by atoms with Gasteiger partial charge in [-0.15, -0.1) is 23.1 Å². The van der Waals surface area contributed by atoms with Crippen LogP contribution in [0.4, 0.5) is 5.13 Å². The van der Waals surface area contributed by atoms with E-state index in [0.717, 1.165) is 11.3 Å². The number of amides is 2. The Bertz CT molecular complexity index is 1130. The molecule has 0 aromatic carbocycles. The van der Waals surface area contributed by atoms with E-state index in [2.05, 4.69) is 15.5 Å². The maximum Gasteiger partial charge on any atom is 0.321 e. The van der Waals surface area contributed by atoms with Crippen molar-refractivity contribution in [1.29, 1.82) is 0 Å². The van der Waals surface area contributed by atoms with Crippen molar-refractivity contribution >= 4 is 57.7 Å². The quantitative estimate of drug-likeness (QED) is 0.102. The molecule has 2 amide bonds. The number of oxime groups is 1. The number of thiazole rings is 1. The average molecular weight is 570 g/mol. The van der Waals surface area contributed by atoms with E-state index in [4.69, 9.17) is 24.8 Å². The molecule has 1 aromatic rings. The molecule has 2 aliphatic rings. The third kappa shape index (κ3) is 6.45. The van der Waals surface area contributed by atoms with Gasteiger partial charge in [0.1, 0.15) is 29.6 Å². The molecule has 3 heterocycles. The number of nitrogens with two attached hydrogens (primary N) is 1. The fraction of sp³-hybridized carbons (Fsp3) is 0.565. The molecule has 3 N–H and O–H groups in total. The van der Waals surface area contributed by atoms with Gasteiger partial charge in [0.2, 0.25) is 12.7 Å². The van der Waals surface area contributed by atoms with Crippen molar-refractivity contribution in [1.82, 2.24) is 15.2 Å². The Hall–Kier alpha value is -3.17. The molecule has 0 radical (unpaired) electrons. The first-order chi connectivity index (χ1) is 17.9. The molecule has 0 bridgehead atoms. The Morgan fingerprint density at radius 1 is 1.32 bits per heavy atom. The Balaban J connectivity index is 1.68. The predicted octanol–water partition coefficient (Wildman–Crippen LogP) is 0.755. The summed E-state index contributed by atoms with van der Waals surface area (Å²) < 4.78 is 15.4. The lowest BCUT2D eigenvalue weighted by Crippen LogP contribution is -2.74. The van der Waals surface area contributed by atoms with Crippen LogP contribution in [0.15, 0.2) is 22.7 Å². The Morgan fingerprint density at radius 2 is 2.05 bits per heavy atom.